The van der Waals surface area contributed by atoms with Crippen molar-refractivity contribution in [2.45, 2.75) is 68.6 Å². The summed E-state index contributed by atoms with van der Waals surface area (Å²) in [6, 6.07) is 10.5. The molecule has 5 aliphatic rings. The fourth-order valence-electron chi connectivity index (χ4n) is 8.21. The number of phenols is 1. The van der Waals surface area contributed by atoms with E-state index >= 15 is 0 Å². The van der Waals surface area contributed by atoms with Crippen molar-refractivity contribution in [1.29, 1.82) is 0 Å². The number of phenolic OH excluding ortho intramolecular Hbond substituents is 1. The zero-order valence-corrected chi connectivity index (χ0v) is 16.9. The largest absolute Gasteiger partial charge is 0.504 e. The van der Waals surface area contributed by atoms with E-state index < -0.39 is 11.0 Å². The smallest absolute Gasteiger partial charge is 0.166 e. The number of aryl methyl sites for hydroxylation is 2. The van der Waals surface area contributed by atoms with E-state index in [1.165, 1.54) is 33.3 Å². The van der Waals surface area contributed by atoms with Crippen LogP contribution in [0.5, 0.6) is 11.5 Å². The van der Waals surface area contributed by atoms with Gasteiger partial charge in [0.1, 0.15) is 0 Å². The lowest BCUT2D eigenvalue weighted by atomic mass is 9.45. The van der Waals surface area contributed by atoms with E-state index in [1.807, 2.05) is 0 Å². The van der Waals surface area contributed by atoms with Crippen LogP contribution < -0.4 is 4.74 Å². The van der Waals surface area contributed by atoms with Crippen molar-refractivity contribution >= 4 is 10.9 Å². The number of fused-ring (bicyclic) bond motifs is 4. The van der Waals surface area contributed by atoms with Crippen LogP contribution in [0.15, 0.2) is 30.3 Å². The number of nitrogens with zero attached hydrogens (tertiary/aromatic N) is 1. The molecule has 2 N–H and O–H groups in total. The Bertz CT molecular complexity index is 1290. The molecule has 0 radical (unpaired) electrons. The van der Waals surface area contributed by atoms with Gasteiger partial charge >= 0.3 is 0 Å². The number of para-hydroxylation sites is 1. The number of aromatic nitrogens is 1. The van der Waals surface area contributed by atoms with Crippen molar-refractivity contribution in [3.05, 3.63) is 58.3 Å². The maximum absolute atomic E-state index is 12.5. The lowest BCUT2D eigenvalue weighted by molar-refractivity contribution is -0.154. The second-order valence-corrected chi connectivity index (χ2v) is 10.2. The highest BCUT2D eigenvalue weighted by atomic mass is 16.5. The summed E-state index contributed by atoms with van der Waals surface area (Å²) in [4.78, 5) is 0. The number of aromatic hydroxyl groups is 1. The lowest BCUT2D eigenvalue weighted by Gasteiger charge is -2.60. The third kappa shape index (κ3) is 1.49. The van der Waals surface area contributed by atoms with Gasteiger partial charge in [-0.05, 0) is 60.8 Å². The number of ether oxygens (including phenoxy) is 1. The van der Waals surface area contributed by atoms with Gasteiger partial charge in [0.25, 0.3) is 0 Å². The Morgan fingerprint density at radius 1 is 1.10 bits per heavy atom. The van der Waals surface area contributed by atoms with Crippen molar-refractivity contribution in [1.82, 2.24) is 4.57 Å². The van der Waals surface area contributed by atoms with Crippen molar-refractivity contribution in [2.75, 3.05) is 0 Å². The van der Waals surface area contributed by atoms with Crippen LogP contribution in [0, 0.1) is 5.92 Å². The minimum Gasteiger partial charge on any atom is -0.504 e. The molecule has 3 aliphatic carbocycles. The summed E-state index contributed by atoms with van der Waals surface area (Å²) in [5.41, 5.74) is 6.48. The van der Waals surface area contributed by atoms with Crippen LogP contribution >= 0.6 is 0 Å². The maximum Gasteiger partial charge on any atom is 0.166 e. The molecule has 0 saturated heterocycles. The number of rotatable bonds is 0. The summed E-state index contributed by atoms with van der Waals surface area (Å²) < 4.78 is 9.21. The van der Waals surface area contributed by atoms with E-state index in [0.29, 0.717) is 12.2 Å². The van der Waals surface area contributed by atoms with Crippen molar-refractivity contribution in [3.8, 4) is 11.5 Å². The molecule has 4 atom stereocenters. The molecule has 4 nitrogen and oxygen atoms in total. The minimum atomic E-state index is -0.807. The minimum absolute atomic E-state index is 0.213. The molecule has 3 heterocycles. The van der Waals surface area contributed by atoms with Crippen LogP contribution in [0.2, 0.25) is 0 Å². The third-order valence-electron chi connectivity index (χ3n) is 9.23. The highest BCUT2D eigenvalue weighted by Crippen LogP contribution is 2.71. The first-order valence-electron chi connectivity index (χ1n) is 11.5. The number of aliphatic hydroxyl groups is 1. The van der Waals surface area contributed by atoms with Crippen LogP contribution in [-0.4, -0.2) is 20.4 Å². The quantitative estimate of drug-likeness (QED) is 0.592. The normalized spacial score (nSPS) is 34.4. The summed E-state index contributed by atoms with van der Waals surface area (Å²) in [5.74, 6) is 1.11. The molecule has 3 aromatic rings. The molecule has 2 aromatic carbocycles. The molecule has 1 saturated carbocycles. The third-order valence-corrected chi connectivity index (χ3v) is 9.23. The van der Waals surface area contributed by atoms with E-state index in [9.17, 15) is 10.2 Å². The molecule has 4 heteroatoms. The van der Waals surface area contributed by atoms with Gasteiger partial charge in [-0.2, -0.15) is 0 Å². The molecular weight excluding hydrogens is 374 g/mol. The molecule has 8 rings (SSSR count). The summed E-state index contributed by atoms with van der Waals surface area (Å²) >= 11 is 0. The maximum atomic E-state index is 12.5. The van der Waals surface area contributed by atoms with Gasteiger partial charge in [-0.1, -0.05) is 30.7 Å². The molecule has 2 bridgehead atoms. The van der Waals surface area contributed by atoms with Crippen LogP contribution in [0.3, 0.4) is 0 Å². The molecule has 2 aliphatic heterocycles. The lowest BCUT2D eigenvalue weighted by Crippen LogP contribution is -2.66. The van der Waals surface area contributed by atoms with Crippen LogP contribution in [0.4, 0.5) is 0 Å². The first kappa shape index (κ1) is 16.3. The summed E-state index contributed by atoms with van der Waals surface area (Å²) in [7, 11) is 0. The Balaban J connectivity index is 1.53. The monoisotopic (exact) mass is 399 g/mol. The first-order valence-corrected chi connectivity index (χ1v) is 11.5. The van der Waals surface area contributed by atoms with Gasteiger partial charge in [-0.25, -0.2) is 0 Å². The Hall–Kier alpha value is -2.46. The van der Waals surface area contributed by atoms with Crippen molar-refractivity contribution in [3.63, 3.8) is 0 Å². The number of benzene rings is 2. The first-order chi connectivity index (χ1) is 14.6. The number of hydrogen-bond donors (Lipinski definition) is 2. The second-order valence-electron chi connectivity index (χ2n) is 10.2. The molecule has 0 unspecified atom stereocenters. The Kier molecular flexibility index (Phi) is 2.65. The fraction of sp³-hybridized carbons (Fsp3) is 0.462. The van der Waals surface area contributed by atoms with Gasteiger partial charge in [0, 0.05) is 23.9 Å². The summed E-state index contributed by atoms with van der Waals surface area (Å²) in [5, 5.41) is 24.6. The van der Waals surface area contributed by atoms with Gasteiger partial charge in [-0.3, -0.25) is 0 Å². The molecule has 1 aromatic heterocycles. The van der Waals surface area contributed by atoms with E-state index in [2.05, 4.69) is 28.8 Å². The Morgan fingerprint density at radius 3 is 2.97 bits per heavy atom. The molecule has 152 valence electrons. The Morgan fingerprint density at radius 2 is 2.03 bits per heavy atom. The van der Waals surface area contributed by atoms with Crippen LogP contribution in [-0.2, 0) is 31.2 Å². The highest BCUT2D eigenvalue weighted by molar-refractivity contribution is 5.90. The van der Waals surface area contributed by atoms with E-state index in [1.54, 1.807) is 6.07 Å². The van der Waals surface area contributed by atoms with E-state index in [4.69, 9.17) is 4.74 Å². The van der Waals surface area contributed by atoms with Crippen LogP contribution in [0.1, 0.15) is 59.7 Å². The van der Waals surface area contributed by atoms with Gasteiger partial charge in [0.05, 0.1) is 22.2 Å². The van der Waals surface area contributed by atoms with Crippen molar-refractivity contribution in [2.24, 2.45) is 5.92 Å². The molecular formula is C26H25NO3. The summed E-state index contributed by atoms with van der Waals surface area (Å²) in [6.07, 6.45) is 6.75. The van der Waals surface area contributed by atoms with Gasteiger partial charge in [0.2, 0.25) is 0 Å². The standard InChI is InChI=1S/C26H25NO3/c28-19-9-8-15-12-16-6-2-10-25-20(15)23(19)30-24(25)22-18(13-26(16,25)29)17-7-1-4-14-5-3-11-27(22)21(14)17/h1,4,7-9,16,24,28-29H,2-3,5-6,10-13H2/t16-,24+,25+,26-/m1/s1. The van der Waals surface area contributed by atoms with Gasteiger partial charge in [0.15, 0.2) is 17.6 Å². The SMILES string of the molecule is Oc1ccc2c3c1O[C@H]1c4c(c5cccc6c5n4CCC6)C[C@@]4(O)[C@H](CCC[C@]314)C2. The van der Waals surface area contributed by atoms with Crippen molar-refractivity contribution < 1.29 is 14.9 Å². The fourth-order valence-corrected chi connectivity index (χ4v) is 8.21. The molecule has 0 amide bonds. The average molecular weight is 399 g/mol. The molecule has 1 fully saturated rings. The van der Waals surface area contributed by atoms with Gasteiger partial charge < -0.3 is 19.5 Å². The zero-order valence-electron chi connectivity index (χ0n) is 16.9. The average Bonchev–Trinajstić information content (AvgIpc) is 3.24. The van der Waals surface area contributed by atoms with E-state index in [0.717, 1.165) is 50.6 Å². The number of hydrogen-bond acceptors (Lipinski definition) is 3. The van der Waals surface area contributed by atoms with Crippen LogP contribution in [0.25, 0.3) is 10.9 Å². The molecule has 1 spiro atoms. The van der Waals surface area contributed by atoms with Gasteiger partial charge in [-0.15, -0.1) is 0 Å². The Labute approximate surface area is 175 Å². The predicted molar refractivity (Wildman–Crippen MR) is 113 cm³/mol. The summed E-state index contributed by atoms with van der Waals surface area (Å²) in [6.45, 7) is 1.01. The highest BCUT2D eigenvalue weighted by Gasteiger charge is 2.71. The van der Waals surface area contributed by atoms with E-state index in [-0.39, 0.29) is 17.8 Å². The molecule has 30 heavy (non-hydrogen) atoms. The zero-order chi connectivity index (χ0) is 19.8. The second kappa shape index (κ2) is 4.88. The topological polar surface area (TPSA) is 54.6 Å². The predicted octanol–water partition coefficient (Wildman–Crippen LogP) is 4.31.